The fourth-order valence-corrected chi connectivity index (χ4v) is 4.11. The van der Waals surface area contributed by atoms with Crippen LogP contribution in [-0.2, 0) is 17.1 Å². The minimum absolute atomic E-state index is 0. The Labute approximate surface area is 229 Å². The van der Waals surface area contributed by atoms with E-state index < -0.39 is 0 Å². The van der Waals surface area contributed by atoms with Crippen LogP contribution in [0, 0.1) is 27.7 Å². The van der Waals surface area contributed by atoms with Gasteiger partial charge in [0.25, 0.3) is 0 Å². The SMILES string of the molecule is C/C(=N\c1c(C)cc(C)cc1Cl)c1cccc(/C(C)=N/c2c(C)cc(C)cc2Cl)n1.[Cl-].[Cl-].[Fe+2]. The molecule has 0 N–H and O–H groups in total. The van der Waals surface area contributed by atoms with Crippen molar-refractivity contribution in [3.8, 4) is 0 Å². The second kappa shape index (κ2) is 13.5. The van der Waals surface area contributed by atoms with Gasteiger partial charge >= 0.3 is 17.1 Å². The summed E-state index contributed by atoms with van der Waals surface area (Å²) in [7, 11) is 0. The van der Waals surface area contributed by atoms with E-state index >= 15 is 0 Å². The van der Waals surface area contributed by atoms with Crippen LogP contribution < -0.4 is 24.8 Å². The molecule has 8 heteroatoms. The van der Waals surface area contributed by atoms with Crippen LogP contribution in [0.15, 0.2) is 52.4 Å². The summed E-state index contributed by atoms with van der Waals surface area (Å²) in [5.41, 5.74) is 9.02. The molecule has 0 saturated heterocycles. The molecule has 176 valence electrons. The Morgan fingerprint density at radius 3 is 1.39 bits per heavy atom. The van der Waals surface area contributed by atoms with Gasteiger partial charge in [-0.2, -0.15) is 0 Å². The molecule has 0 amide bonds. The molecule has 3 rings (SSSR count). The fraction of sp³-hybridized carbons (Fsp3) is 0.240. The topological polar surface area (TPSA) is 37.6 Å². The first kappa shape index (κ1) is 31.6. The van der Waals surface area contributed by atoms with E-state index in [-0.39, 0.29) is 41.9 Å². The molecule has 0 spiro atoms. The van der Waals surface area contributed by atoms with Crippen molar-refractivity contribution in [3.05, 3.63) is 86.2 Å². The molecule has 0 aliphatic rings. The molecule has 1 aromatic heterocycles. The van der Waals surface area contributed by atoms with Gasteiger partial charge in [-0.1, -0.05) is 41.4 Å². The van der Waals surface area contributed by atoms with Crippen LogP contribution in [0.5, 0.6) is 0 Å². The van der Waals surface area contributed by atoms with E-state index in [4.69, 9.17) is 38.2 Å². The molecular weight excluding hydrogens is 540 g/mol. The summed E-state index contributed by atoms with van der Waals surface area (Å²) in [6.45, 7) is 12.0. The van der Waals surface area contributed by atoms with Crippen LogP contribution >= 0.6 is 23.2 Å². The van der Waals surface area contributed by atoms with Gasteiger partial charge in [0.05, 0.1) is 44.2 Å². The molecule has 0 saturated carbocycles. The number of aliphatic imine (C=N–C) groups is 2. The van der Waals surface area contributed by atoms with Gasteiger partial charge in [0.15, 0.2) is 0 Å². The second-order valence-electron chi connectivity index (χ2n) is 7.63. The third-order valence-corrected chi connectivity index (χ3v) is 5.42. The van der Waals surface area contributed by atoms with Crippen molar-refractivity contribution in [1.29, 1.82) is 0 Å². The number of aromatic nitrogens is 1. The number of benzene rings is 2. The van der Waals surface area contributed by atoms with E-state index in [1.54, 1.807) is 0 Å². The summed E-state index contributed by atoms with van der Waals surface area (Å²) in [4.78, 5) is 14.3. The molecule has 0 aliphatic heterocycles. The number of nitrogens with zero attached hydrogens (tertiary/aromatic N) is 3. The number of hydrogen-bond acceptors (Lipinski definition) is 3. The normalized spacial score (nSPS) is 11.3. The van der Waals surface area contributed by atoms with Crippen molar-refractivity contribution in [1.82, 2.24) is 4.98 Å². The summed E-state index contributed by atoms with van der Waals surface area (Å²) >= 11 is 12.8. The van der Waals surface area contributed by atoms with E-state index in [9.17, 15) is 0 Å². The third-order valence-electron chi connectivity index (χ3n) is 4.85. The molecule has 1 heterocycles. The first-order chi connectivity index (χ1) is 14.2. The Kier molecular flexibility index (Phi) is 12.9. The fourth-order valence-electron chi connectivity index (χ4n) is 3.39. The molecule has 0 unspecified atom stereocenters. The van der Waals surface area contributed by atoms with E-state index in [0.29, 0.717) is 10.0 Å². The van der Waals surface area contributed by atoms with Crippen molar-refractivity contribution in [2.45, 2.75) is 41.5 Å². The van der Waals surface area contributed by atoms with Gasteiger partial charge in [0, 0.05) is 0 Å². The van der Waals surface area contributed by atoms with Gasteiger partial charge in [-0.3, -0.25) is 0 Å². The molecule has 2 aromatic carbocycles. The predicted molar refractivity (Wildman–Crippen MR) is 130 cm³/mol. The Morgan fingerprint density at radius 2 is 1.06 bits per heavy atom. The maximum absolute atomic E-state index is 6.42. The van der Waals surface area contributed by atoms with Gasteiger partial charge in [0.2, 0.25) is 0 Å². The van der Waals surface area contributed by atoms with Crippen LogP contribution in [0.2, 0.25) is 10.0 Å². The van der Waals surface area contributed by atoms with Crippen LogP contribution in [-0.4, -0.2) is 16.4 Å². The van der Waals surface area contributed by atoms with Crippen molar-refractivity contribution >= 4 is 46.0 Å². The zero-order chi connectivity index (χ0) is 22.0. The van der Waals surface area contributed by atoms with Gasteiger partial charge in [-0.25, -0.2) is 15.0 Å². The largest absolute Gasteiger partial charge is 2.00 e. The zero-order valence-electron chi connectivity index (χ0n) is 19.2. The predicted octanol–water partition coefficient (Wildman–Crippen LogP) is 1.91. The van der Waals surface area contributed by atoms with E-state index in [0.717, 1.165) is 56.4 Å². The first-order valence-electron chi connectivity index (χ1n) is 9.77. The standard InChI is InChI=1S/C25H25Cl2N3.2ClH.Fe/c1-14-10-16(3)24(20(26)12-14)28-18(5)22-8-7-9-23(30-22)19(6)29-25-17(4)11-15(2)13-21(25)27;;;/h7-13H,1-6H3;2*1H;/q;;;+2/p-2/b28-18+,29-19+;;;. The number of rotatable bonds is 4. The van der Waals surface area contributed by atoms with Crippen molar-refractivity contribution in [3.63, 3.8) is 0 Å². The van der Waals surface area contributed by atoms with E-state index in [1.165, 1.54) is 0 Å². The van der Waals surface area contributed by atoms with Gasteiger partial charge in [0.1, 0.15) is 0 Å². The molecule has 0 atom stereocenters. The second-order valence-corrected chi connectivity index (χ2v) is 8.44. The summed E-state index contributed by atoms with van der Waals surface area (Å²) in [6, 6.07) is 13.8. The smallest absolute Gasteiger partial charge is 1.00 e. The number of pyridine rings is 1. The molecule has 3 nitrogen and oxygen atoms in total. The van der Waals surface area contributed by atoms with Crippen LogP contribution in [0.25, 0.3) is 0 Å². The van der Waals surface area contributed by atoms with Crippen molar-refractivity contribution < 1.29 is 41.9 Å². The molecule has 33 heavy (non-hydrogen) atoms. The monoisotopic (exact) mass is 563 g/mol. The Morgan fingerprint density at radius 1 is 0.697 bits per heavy atom. The maximum atomic E-state index is 6.42. The van der Waals surface area contributed by atoms with E-state index in [1.807, 2.05) is 71.9 Å². The molecule has 0 fully saturated rings. The summed E-state index contributed by atoms with van der Waals surface area (Å²) in [6.07, 6.45) is 0. The quantitative estimate of drug-likeness (QED) is 0.352. The van der Waals surface area contributed by atoms with Crippen LogP contribution in [0.4, 0.5) is 11.4 Å². The summed E-state index contributed by atoms with van der Waals surface area (Å²) < 4.78 is 0. The van der Waals surface area contributed by atoms with Gasteiger partial charge in [-0.05, 0) is 88.1 Å². The number of aryl methyl sites for hydroxylation is 4. The molecule has 0 radical (unpaired) electrons. The molecular formula is C25H25Cl4FeN3. The minimum Gasteiger partial charge on any atom is -1.00 e. The first-order valence-corrected chi connectivity index (χ1v) is 10.5. The molecule has 0 aliphatic carbocycles. The maximum Gasteiger partial charge on any atom is 2.00 e. The van der Waals surface area contributed by atoms with Gasteiger partial charge < -0.3 is 24.8 Å². The van der Waals surface area contributed by atoms with E-state index in [2.05, 4.69) is 12.1 Å². The minimum atomic E-state index is 0. The van der Waals surface area contributed by atoms with Crippen LogP contribution in [0.1, 0.15) is 47.5 Å². The Balaban J connectivity index is 0.00000341. The Hall–Kier alpha value is -1.39. The molecule has 0 bridgehead atoms. The third kappa shape index (κ3) is 7.82. The van der Waals surface area contributed by atoms with Gasteiger partial charge in [-0.15, -0.1) is 0 Å². The molecule has 3 aromatic rings. The average Bonchev–Trinajstić information content (AvgIpc) is 2.67. The van der Waals surface area contributed by atoms with Crippen LogP contribution in [0.3, 0.4) is 0 Å². The zero-order valence-corrected chi connectivity index (χ0v) is 23.4. The van der Waals surface area contributed by atoms with Crippen molar-refractivity contribution in [2.24, 2.45) is 9.98 Å². The average molecular weight is 565 g/mol. The summed E-state index contributed by atoms with van der Waals surface area (Å²) in [5, 5.41) is 1.29. The summed E-state index contributed by atoms with van der Waals surface area (Å²) in [5.74, 6) is 0. The van der Waals surface area contributed by atoms with Crippen molar-refractivity contribution in [2.75, 3.05) is 0 Å². The number of halogens is 4. The number of hydrogen-bond donors (Lipinski definition) is 0. The Bertz CT molecular complexity index is 1060.